The quantitative estimate of drug-likeness (QED) is 0.627. The molecular formula is C27H32N2O6. The number of carboxylic acid groups (broad SMARTS) is 1. The van der Waals surface area contributed by atoms with Crippen LogP contribution in [-0.2, 0) is 19.1 Å². The number of hydrogen-bond acceptors (Lipinski definition) is 5. The summed E-state index contributed by atoms with van der Waals surface area (Å²) in [7, 11) is 0. The minimum Gasteiger partial charge on any atom is -0.479 e. The number of fused-ring (bicyclic) bond motifs is 3. The van der Waals surface area contributed by atoms with E-state index in [0.717, 1.165) is 11.1 Å². The van der Waals surface area contributed by atoms with Crippen LogP contribution in [0.4, 0.5) is 4.79 Å². The van der Waals surface area contributed by atoms with Gasteiger partial charge < -0.3 is 24.8 Å². The summed E-state index contributed by atoms with van der Waals surface area (Å²) in [6, 6.07) is 16.3. The van der Waals surface area contributed by atoms with Crippen molar-refractivity contribution in [3.63, 3.8) is 0 Å². The van der Waals surface area contributed by atoms with Crippen LogP contribution in [0.5, 0.6) is 0 Å². The van der Waals surface area contributed by atoms with Crippen molar-refractivity contribution in [1.82, 2.24) is 10.2 Å². The second-order valence-electron chi connectivity index (χ2n) is 10.2. The molecule has 1 aliphatic heterocycles. The highest BCUT2D eigenvalue weighted by Gasteiger charge is 2.41. The summed E-state index contributed by atoms with van der Waals surface area (Å²) in [4.78, 5) is 38.3. The number of carbonyl (C=O) groups is 3. The van der Waals surface area contributed by atoms with Crippen molar-refractivity contribution in [2.75, 3.05) is 32.8 Å². The predicted molar refractivity (Wildman–Crippen MR) is 130 cm³/mol. The van der Waals surface area contributed by atoms with Gasteiger partial charge in [-0.2, -0.15) is 0 Å². The van der Waals surface area contributed by atoms with Crippen LogP contribution in [0.3, 0.4) is 0 Å². The van der Waals surface area contributed by atoms with Gasteiger partial charge in [-0.15, -0.1) is 0 Å². The molecule has 0 saturated carbocycles. The third-order valence-corrected chi connectivity index (χ3v) is 6.76. The van der Waals surface area contributed by atoms with Crippen molar-refractivity contribution in [3.8, 4) is 11.1 Å². The second kappa shape index (κ2) is 9.70. The number of aliphatic carboxylic acids is 1. The Balaban J connectivity index is 1.29. The summed E-state index contributed by atoms with van der Waals surface area (Å²) in [5, 5.41) is 12.2. The SMILES string of the molecule is CC(C)(CNC(=O)OCC1c2ccccc2-c2ccccc21)CC(=O)N1CCOC(C)(C(=O)O)C1. The zero-order valence-corrected chi connectivity index (χ0v) is 20.4. The molecule has 0 radical (unpaired) electrons. The third kappa shape index (κ3) is 5.32. The number of carboxylic acids is 1. The van der Waals surface area contributed by atoms with Gasteiger partial charge in [0.15, 0.2) is 5.60 Å². The molecule has 1 saturated heterocycles. The van der Waals surface area contributed by atoms with E-state index >= 15 is 0 Å². The van der Waals surface area contributed by atoms with E-state index in [0.29, 0.717) is 6.54 Å². The third-order valence-electron chi connectivity index (χ3n) is 6.76. The van der Waals surface area contributed by atoms with Gasteiger partial charge in [0.25, 0.3) is 0 Å². The normalized spacial score (nSPS) is 19.6. The van der Waals surface area contributed by atoms with Crippen LogP contribution >= 0.6 is 0 Å². The molecule has 1 fully saturated rings. The number of morpholine rings is 1. The summed E-state index contributed by atoms with van der Waals surface area (Å²) in [5.74, 6) is -1.28. The fourth-order valence-electron chi connectivity index (χ4n) is 4.76. The first-order valence-corrected chi connectivity index (χ1v) is 11.8. The maximum absolute atomic E-state index is 12.8. The molecule has 2 amide bonds. The van der Waals surface area contributed by atoms with E-state index in [4.69, 9.17) is 9.47 Å². The van der Waals surface area contributed by atoms with Gasteiger partial charge in [-0.3, -0.25) is 4.79 Å². The Hall–Kier alpha value is -3.39. The maximum atomic E-state index is 12.8. The zero-order chi connectivity index (χ0) is 25.2. The van der Waals surface area contributed by atoms with Crippen LogP contribution in [0.2, 0.25) is 0 Å². The lowest BCUT2D eigenvalue weighted by Gasteiger charge is -2.38. The molecule has 0 spiro atoms. The number of ether oxygens (including phenoxy) is 2. The average molecular weight is 481 g/mol. The molecule has 4 rings (SSSR count). The Bertz CT molecular complexity index is 1080. The topological polar surface area (TPSA) is 105 Å². The first-order chi connectivity index (χ1) is 16.6. The van der Waals surface area contributed by atoms with E-state index in [2.05, 4.69) is 29.6 Å². The molecule has 1 heterocycles. The first kappa shape index (κ1) is 24.7. The minimum absolute atomic E-state index is 0.00292. The number of alkyl carbamates (subject to hydrolysis) is 1. The highest BCUT2D eigenvalue weighted by atomic mass is 16.5. The van der Waals surface area contributed by atoms with E-state index in [1.165, 1.54) is 23.0 Å². The van der Waals surface area contributed by atoms with Gasteiger partial charge in [-0.05, 0) is 34.6 Å². The van der Waals surface area contributed by atoms with Gasteiger partial charge in [0.1, 0.15) is 6.61 Å². The Morgan fingerprint density at radius 2 is 1.71 bits per heavy atom. The summed E-state index contributed by atoms with van der Waals surface area (Å²) < 4.78 is 10.9. The van der Waals surface area contributed by atoms with E-state index in [1.807, 2.05) is 38.1 Å². The minimum atomic E-state index is -1.41. The standard InChI is InChI=1S/C27H32N2O6/c1-26(2,14-23(30)29-12-13-35-27(3,17-29)24(31)32)16-28-25(33)34-15-22-20-10-6-4-8-18(20)19-9-5-7-11-21(19)22/h4-11,22H,12-17H2,1-3H3,(H,28,33)(H,31,32). The first-order valence-electron chi connectivity index (χ1n) is 11.8. The number of amides is 2. The number of nitrogens with zero attached hydrogens (tertiary/aromatic N) is 1. The van der Waals surface area contributed by atoms with Crippen LogP contribution < -0.4 is 5.32 Å². The van der Waals surface area contributed by atoms with Crippen molar-refractivity contribution in [2.45, 2.75) is 38.7 Å². The fourth-order valence-corrected chi connectivity index (χ4v) is 4.76. The zero-order valence-electron chi connectivity index (χ0n) is 20.4. The molecule has 2 N–H and O–H groups in total. The van der Waals surface area contributed by atoms with Crippen molar-refractivity contribution in [3.05, 3.63) is 59.7 Å². The summed E-state index contributed by atoms with van der Waals surface area (Å²) in [6.45, 7) is 6.22. The van der Waals surface area contributed by atoms with Crippen LogP contribution in [0.25, 0.3) is 11.1 Å². The Morgan fingerprint density at radius 1 is 1.11 bits per heavy atom. The number of hydrogen-bond donors (Lipinski definition) is 2. The molecule has 1 unspecified atom stereocenters. The molecule has 2 aromatic carbocycles. The van der Waals surface area contributed by atoms with Crippen molar-refractivity contribution < 1.29 is 29.0 Å². The summed E-state index contributed by atoms with van der Waals surface area (Å²) >= 11 is 0. The molecule has 2 aromatic rings. The van der Waals surface area contributed by atoms with Crippen LogP contribution in [0.15, 0.2) is 48.5 Å². The van der Waals surface area contributed by atoms with Crippen molar-refractivity contribution >= 4 is 18.0 Å². The lowest BCUT2D eigenvalue weighted by molar-refractivity contribution is -0.177. The molecule has 1 aliphatic carbocycles. The molecule has 2 aliphatic rings. The predicted octanol–water partition coefficient (Wildman–Crippen LogP) is 3.64. The summed E-state index contributed by atoms with van der Waals surface area (Å²) in [5.41, 5.74) is 2.67. The molecule has 0 bridgehead atoms. The van der Waals surface area contributed by atoms with Gasteiger partial charge in [0, 0.05) is 25.4 Å². The van der Waals surface area contributed by atoms with E-state index < -0.39 is 23.1 Å². The van der Waals surface area contributed by atoms with E-state index in [9.17, 15) is 19.5 Å². The maximum Gasteiger partial charge on any atom is 0.407 e. The number of rotatable bonds is 7. The smallest absolute Gasteiger partial charge is 0.407 e. The van der Waals surface area contributed by atoms with Gasteiger partial charge in [0.05, 0.1) is 13.2 Å². The number of benzene rings is 2. The average Bonchev–Trinajstić information content (AvgIpc) is 3.15. The molecule has 0 aromatic heterocycles. The van der Waals surface area contributed by atoms with E-state index in [-0.39, 0.29) is 44.5 Å². The molecular weight excluding hydrogens is 448 g/mol. The van der Waals surface area contributed by atoms with Crippen molar-refractivity contribution in [1.29, 1.82) is 0 Å². The Labute approximate surface area is 205 Å². The monoisotopic (exact) mass is 480 g/mol. The van der Waals surface area contributed by atoms with Gasteiger partial charge in [0.2, 0.25) is 5.91 Å². The van der Waals surface area contributed by atoms with Crippen molar-refractivity contribution in [2.24, 2.45) is 5.41 Å². The van der Waals surface area contributed by atoms with E-state index in [1.54, 1.807) is 0 Å². The van der Waals surface area contributed by atoms with Crippen LogP contribution in [0.1, 0.15) is 44.2 Å². The lowest BCUT2D eigenvalue weighted by atomic mass is 9.88. The second-order valence-corrected chi connectivity index (χ2v) is 10.2. The number of nitrogens with one attached hydrogen (secondary N) is 1. The molecule has 35 heavy (non-hydrogen) atoms. The molecule has 1 atom stereocenters. The Kier molecular flexibility index (Phi) is 6.85. The van der Waals surface area contributed by atoms with Crippen LogP contribution in [-0.4, -0.2) is 66.4 Å². The molecule has 8 heteroatoms. The number of carbonyl (C=O) groups excluding carboxylic acids is 2. The highest BCUT2D eigenvalue weighted by molar-refractivity contribution is 5.81. The van der Waals surface area contributed by atoms with Crippen LogP contribution in [0, 0.1) is 5.41 Å². The van der Waals surface area contributed by atoms with Gasteiger partial charge >= 0.3 is 12.1 Å². The summed E-state index contributed by atoms with van der Waals surface area (Å²) in [6.07, 6.45) is -0.371. The fraction of sp³-hybridized carbons (Fsp3) is 0.444. The molecule has 186 valence electrons. The van der Waals surface area contributed by atoms with Gasteiger partial charge in [-0.25, -0.2) is 9.59 Å². The molecule has 8 nitrogen and oxygen atoms in total. The largest absolute Gasteiger partial charge is 0.479 e. The Morgan fingerprint density at radius 3 is 2.31 bits per heavy atom. The highest BCUT2D eigenvalue weighted by Crippen LogP contribution is 2.44. The lowest BCUT2D eigenvalue weighted by Crippen LogP contribution is -2.56. The van der Waals surface area contributed by atoms with Gasteiger partial charge in [-0.1, -0.05) is 62.4 Å².